The van der Waals surface area contributed by atoms with Gasteiger partial charge in [-0.15, -0.1) is 0 Å². The van der Waals surface area contributed by atoms with Crippen LogP contribution < -0.4 is 0 Å². The molecule has 0 aromatic carbocycles. The number of unbranched alkanes of at least 4 members (excludes halogenated alkanes) is 8. The molecule has 0 atom stereocenters. The molecule has 14 heavy (non-hydrogen) atoms. The van der Waals surface area contributed by atoms with Gasteiger partial charge in [-0.2, -0.15) is 0 Å². The lowest BCUT2D eigenvalue weighted by atomic mass is 10.1. The monoisotopic (exact) mass is 279 g/mol. The zero-order valence-corrected chi connectivity index (χ0v) is 12.3. The molecule has 3 heteroatoms. The van der Waals surface area contributed by atoms with E-state index in [1.54, 1.807) is 0 Å². The van der Waals surface area contributed by atoms with Crippen molar-refractivity contribution in [1.82, 2.24) is 0 Å². The minimum absolute atomic E-state index is 0.894. The lowest BCUT2D eigenvalue weighted by Crippen LogP contribution is -1.85. The van der Waals surface area contributed by atoms with Crippen LogP contribution in [0.2, 0.25) is 6.04 Å². The maximum atomic E-state index is 10.3. The van der Waals surface area contributed by atoms with E-state index in [4.69, 9.17) is 0 Å². The van der Waals surface area contributed by atoms with Crippen molar-refractivity contribution < 1.29 is 4.80 Å². The van der Waals surface area contributed by atoms with E-state index in [9.17, 15) is 4.80 Å². The Morgan fingerprint density at radius 1 is 0.714 bits per heavy atom. The van der Waals surface area contributed by atoms with Crippen LogP contribution >= 0.6 is 15.9 Å². The fourth-order valence-electron chi connectivity index (χ4n) is 1.61. The summed E-state index contributed by atoms with van der Waals surface area (Å²) in [5.41, 5.74) is 0. The maximum Gasteiger partial charge on any atom is 0.207 e. The molecule has 0 unspecified atom stereocenters. The fourth-order valence-corrected chi connectivity index (χ4v) is 2.56. The second kappa shape index (κ2) is 13.7. The van der Waals surface area contributed by atoms with Crippen LogP contribution in [0, 0.1) is 0 Å². The van der Waals surface area contributed by atoms with Crippen LogP contribution in [0.4, 0.5) is 0 Å². The summed E-state index contributed by atoms with van der Waals surface area (Å²) < 4.78 is 0. The van der Waals surface area contributed by atoms with Gasteiger partial charge in [0.25, 0.3) is 0 Å². The molecule has 0 N–H and O–H groups in total. The van der Waals surface area contributed by atoms with Gasteiger partial charge in [-0.3, -0.25) is 0 Å². The van der Waals surface area contributed by atoms with E-state index < -0.39 is 9.76 Å². The Hall–Kier alpha value is 0.657. The Kier molecular flexibility index (Phi) is 14.3. The van der Waals surface area contributed by atoms with E-state index in [-0.39, 0.29) is 0 Å². The summed E-state index contributed by atoms with van der Waals surface area (Å²) >= 11 is 3.45. The number of halogens is 1. The summed E-state index contributed by atoms with van der Waals surface area (Å²) in [6, 6.07) is 1.02. The SMILES string of the molecule is [O][SiH2]CCCCCCCCCCCBr. The Morgan fingerprint density at radius 2 is 1.14 bits per heavy atom. The molecule has 0 aromatic rings. The largest absolute Gasteiger partial charge is 0.306 e. The second-order valence-electron chi connectivity index (χ2n) is 3.93. The van der Waals surface area contributed by atoms with Crippen molar-refractivity contribution in [2.75, 3.05) is 5.33 Å². The first kappa shape index (κ1) is 14.7. The molecule has 1 radical (unpaired) electrons. The molecule has 0 heterocycles. The molecule has 0 amide bonds. The summed E-state index contributed by atoms with van der Waals surface area (Å²) in [7, 11) is -0.894. The summed E-state index contributed by atoms with van der Waals surface area (Å²) in [6.07, 6.45) is 12.2. The topological polar surface area (TPSA) is 19.9 Å². The molecule has 85 valence electrons. The van der Waals surface area contributed by atoms with E-state index in [1.807, 2.05) is 0 Å². The Balaban J connectivity index is 2.78. The molecule has 0 fully saturated rings. The van der Waals surface area contributed by atoms with Gasteiger partial charge in [-0.05, 0) is 12.5 Å². The third-order valence-corrected chi connectivity index (χ3v) is 3.88. The zero-order chi connectivity index (χ0) is 10.5. The third kappa shape index (κ3) is 12.7. The minimum Gasteiger partial charge on any atom is -0.306 e. The van der Waals surface area contributed by atoms with Gasteiger partial charge >= 0.3 is 0 Å². The molecule has 0 saturated carbocycles. The number of rotatable bonds is 11. The average Bonchev–Trinajstić information content (AvgIpc) is 2.21. The predicted octanol–water partition coefficient (Wildman–Crippen LogP) is 3.82. The van der Waals surface area contributed by atoms with Crippen LogP contribution in [0.15, 0.2) is 0 Å². The molecule has 0 bridgehead atoms. The highest BCUT2D eigenvalue weighted by Gasteiger charge is 1.92. The molecule has 1 nitrogen and oxygen atoms in total. The van der Waals surface area contributed by atoms with Crippen LogP contribution in [-0.2, 0) is 4.80 Å². The highest BCUT2D eigenvalue weighted by atomic mass is 79.9. The number of hydrogen-bond acceptors (Lipinski definition) is 0. The van der Waals surface area contributed by atoms with Crippen LogP contribution in [0.3, 0.4) is 0 Å². The van der Waals surface area contributed by atoms with E-state index in [0.29, 0.717) is 0 Å². The molecule has 0 spiro atoms. The minimum atomic E-state index is -0.894. The zero-order valence-electron chi connectivity index (χ0n) is 9.27. The quantitative estimate of drug-likeness (QED) is 0.311. The van der Waals surface area contributed by atoms with Crippen molar-refractivity contribution in [3.63, 3.8) is 0 Å². The highest BCUT2D eigenvalue weighted by Crippen LogP contribution is 2.10. The van der Waals surface area contributed by atoms with E-state index in [0.717, 1.165) is 11.4 Å². The smallest absolute Gasteiger partial charge is 0.207 e. The third-order valence-electron chi connectivity index (χ3n) is 2.53. The normalized spacial score (nSPS) is 11.6. The van der Waals surface area contributed by atoms with Gasteiger partial charge in [0, 0.05) is 5.33 Å². The molecule has 0 aromatic heterocycles. The summed E-state index contributed by atoms with van der Waals surface area (Å²) in [4.78, 5) is 10.3. The summed E-state index contributed by atoms with van der Waals surface area (Å²) in [5, 5.41) is 1.16. The molecule has 0 aliphatic heterocycles. The van der Waals surface area contributed by atoms with E-state index >= 15 is 0 Å². The Labute approximate surface area is 99.7 Å². The lowest BCUT2D eigenvalue weighted by molar-refractivity contribution is 0.468. The van der Waals surface area contributed by atoms with Gasteiger partial charge < -0.3 is 4.80 Å². The fraction of sp³-hybridized carbons (Fsp3) is 1.00. The average molecular weight is 280 g/mol. The molecule has 0 rings (SSSR count). The van der Waals surface area contributed by atoms with Crippen molar-refractivity contribution in [2.45, 2.75) is 63.8 Å². The first-order chi connectivity index (χ1) is 6.91. The van der Waals surface area contributed by atoms with Crippen molar-refractivity contribution in [1.29, 1.82) is 0 Å². The van der Waals surface area contributed by atoms with Gasteiger partial charge in [-0.25, -0.2) is 0 Å². The standard InChI is InChI=1S/C11H24BrOSi/c12-10-8-6-4-2-1-3-5-7-9-11-14-13/h1-11,14H2. The van der Waals surface area contributed by atoms with Crippen LogP contribution in [0.25, 0.3) is 0 Å². The van der Waals surface area contributed by atoms with Crippen molar-refractivity contribution in [3.8, 4) is 0 Å². The van der Waals surface area contributed by atoms with Gasteiger partial charge in [0.05, 0.1) is 0 Å². The molecular formula is C11H24BrOSi. The van der Waals surface area contributed by atoms with Gasteiger partial charge in [0.15, 0.2) is 0 Å². The first-order valence-electron chi connectivity index (χ1n) is 6.06. The number of alkyl halides is 1. The molecule has 0 aliphatic rings. The molecular weight excluding hydrogens is 256 g/mol. The van der Waals surface area contributed by atoms with Crippen LogP contribution in [0.5, 0.6) is 0 Å². The Bertz CT molecular complexity index is 89.3. The molecule has 0 saturated heterocycles. The Morgan fingerprint density at radius 3 is 1.57 bits per heavy atom. The number of hydrogen-bond donors (Lipinski definition) is 0. The second-order valence-corrected chi connectivity index (χ2v) is 5.84. The van der Waals surface area contributed by atoms with Crippen LogP contribution in [0.1, 0.15) is 57.8 Å². The van der Waals surface area contributed by atoms with Gasteiger partial charge in [0.1, 0.15) is 0 Å². The molecule has 0 aliphatic carbocycles. The lowest BCUT2D eigenvalue weighted by Gasteiger charge is -2.00. The van der Waals surface area contributed by atoms with E-state index in [1.165, 1.54) is 57.8 Å². The maximum absolute atomic E-state index is 10.3. The van der Waals surface area contributed by atoms with Crippen LogP contribution in [-0.4, -0.2) is 15.1 Å². The summed E-state index contributed by atoms with van der Waals surface area (Å²) in [5.74, 6) is 0. The van der Waals surface area contributed by atoms with Gasteiger partial charge in [-0.1, -0.05) is 67.3 Å². The first-order valence-corrected chi connectivity index (χ1v) is 8.75. The van der Waals surface area contributed by atoms with Gasteiger partial charge in [0.2, 0.25) is 9.76 Å². The highest BCUT2D eigenvalue weighted by molar-refractivity contribution is 9.09. The van der Waals surface area contributed by atoms with Crippen molar-refractivity contribution in [2.24, 2.45) is 0 Å². The van der Waals surface area contributed by atoms with Crippen molar-refractivity contribution >= 4 is 25.7 Å². The predicted molar refractivity (Wildman–Crippen MR) is 69.4 cm³/mol. The van der Waals surface area contributed by atoms with Crippen molar-refractivity contribution in [3.05, 3.63) is 0 Å². The summed E-state index contributed by atoms with van der Waals surface area (Å²) in [6.45, 7) is 0. The van der Waals surface area contributed by atoms with E-state index in [2.05, 4.69) is 15.9 Å².